The van der Waals surface area contributed by atoms with Gasteiger partial charge in [-0.1, -0.05) is 18.7 Å². The molecule has 22 heavy (non-hydrogen) atoms. The molecule has 0 fully saturated rings. The number of hydrogen-bond acceptors (Lipinski definition) is 7. The minimum atomic E-state index is -0.216. The summed E-state index contributed by atoms with van der Waals surface area (Å²) in [5.41, 5.74) is 0.658. The van der Waals surface area contributed by atoms with E-state index in [1.807, 2.05) is 13.8 Å². The Labute approximate surface area is 133 Å². The quantitative estimate of drug-likeness (QED) is 0.722. The summed E-state index contributed by atoms with van der Waals surface area (Å²) >= 11 is 1.32. The second kappa shape index (κ2) is 7.26. The first-order chi connectivity index (χ1) is 10.6. The Hall–Kier alpha value is -2.09. The first kappa shape index (κ1) is 16.3. The van der Waals surface area contributed by atoms with Crippen LogP contribution in [-0.2, 0) is 4.79 Å². The highest BCUT2D eigenvalue weighted by molar-refractivity contribution is 8.00. The lowest BCUT2D eigenvalue weighted by Crippen LogP contribution is -2.13. The monoisotopic (exact) mass is 322 g/mol. The highest BCUT2D eigenvalue weighted by Crippen LogP contribution is 2.31. The van der Waals surface area contributed by atoms with Gasteiger partial charge in [-0.15, -0.1) is 5.10 Å². The van der Waals surface area contributed by atoms with E-state index in [0.29, 0.717) is 28.8 Å². The molecule has 0 amide bonds. The standard InChI is InChI=1S/C14H18N4O3S/c1-5-12(19)9(2)22-14-15-16-17-18(14)11-8-10(20-3)6-7-13(11)21-4/h6-9H,5H2,1-4H3/t9-/m0/s1. The lowest BCUT2D eigenvalue weighted by molar-refractivity contribution is -0.118. The normalized spacial score (nSPS) is 12.0. The van der Waals surface area contributed by atoms with Gasteiger partial charge in [0.05, 0.1) is 19.5 Å². The lowest BCUT2D eigenvalue weighted by atomic mass is 10.2. The van der Waals surface area contributed by atoms with Crippen molar-refractivity contribution in [3.8, 4) is 17.2 Å². The molecule has 8 heteroatoms. The zero-order valence-electron chi connectivity index (χ0n) is 12.9. The van der Waals surface area contributed by atoms with Crippen molar-refractivity contribution in [2.75, 3.05) is 14.2 Å². The summed E-state index contributed by atoms with van der Waals surface area (Å²) in [4.78, 5) is 11.8. The van der Waals surface area contributed by atoms with E-state index in [4.69, 9.17) is 9.47 Å². The average Bonchev–Trinajstić information content (AvgIpc) is 3.01. The Morgan fingerprint density at radius 3 is 2.77 bits per heavy atom. The molecule has 2 aromatic rings. The number of tetrazole rings is 1. The molecular weight excluding hydrogens is 304 g/mol. The molecule has 0 aliphatic rings. The molecule has 1 aromatic carbocycles. The summed E-state index contributed by atoms with van der Waals surface area (Å²) in [6.45, 7) is 3.69. The summed E-state index contributed by atoms with van der Waals surface area (Å²) in [7, 11) is 3.16. The van der Waals surface area contributed by atoms with E-state index in [1.165, 1.54) is 11.8 Å². The molecule has 118 valence electrons. The van der Waals surface area contributed by atoms with Gasteiger partial charge in [-0.2, -0.15) is 4.68 Å². The number of ketones is 1. The highest BCUT2D eigenvalue weighted by Gasteiger charge is 2.19. The molecule has 1 heterocycles. The van der Waals surface area contributed by atoms with Crippen LogP contribution in [0.3, 0.4) is 0 Å². The largest absolute Gasteiger partial charge is 0.497 e. The van der Waals surface area contributed by atoms with Crippen LogP contribution in [0.4, 0.5) is 0 Å². The molecule has 1 aromatic heterocycles. The van der Waals surface area contributed by atoms with Crippen LogP contribution in [0.5, 0.6) is 11.5 Å². The van der Waals surface area contributed by atoms with Gasteiger partial charge in [0.2, 0.25) is 5.16 Å². The van der Waals surface area contributed by atoms with Crippen LogP contribution in [0.15, 0.2) is 23.4 Å². The third kappa shape index (κ3) is 3.38. The molecule has 7 nitrogen and oxygen atoms in total. The SMILES string of the molecule is CCC(=O)[C@H](C)Sc1nnnn1-c1cc(OC)ccc1OC. The van der Waals surface area contributed by atoms with Crippen LogP contribution >= 0.6 is 11.8 Å². The van der Waals surface area contributed by atoms with Crippen molar-refractivity contribution in [2.24, 2.45) is 0 Å². The number of nitrogens with zero attached hydrogens (tertiary/aromatic N) is 4. The van der Waals surface area contributed by atoms with Crippen LogP contribution in [0.2, 0.25) is 0 Å². The van der Waals surface area contributed by atoms with E-state index in [0.717, 1.165) is 0 Å². The van der Waals surface area contributed by atoms with E-state index in [9.17, 15) is 4.79 Å². The van der Waals surface area contributed by atoms with E-state index < -0.39 is 0 Å². The summed E-state index contributed by atoms with van der Waals surface area (Å²) in [6, 6.07) is 5.36. The van der Waals surface area contributed by atoms with Crippen molar-refractivity contribution in [3.63, 3.8) is 0 Å². The molecule has 2 rings (SSSR count). The van der Waals surface area contributed by atoms with Gasteiger partial charge in [0.1, 0.15) is 23.0 Å². The second-order valence-corrected chi connectivity index (χ2v) is 5.80. The van der Waals surface area contributed by atoms with Crippen molar-refractivity contribution in [1.29, 1.82) is 0 Å². The Kier molecular flexibility index (Phi) is 5.37. The van der Waals surface area contributed by atoms with Crippen LogP contribution in [-0.4, -0.2) is 45.5 Å². The zero-order chi connectivity index (χ0) is 16.1. The second-order valence-electron chi connectivity index (χ2n) is 4.49. The van der Waals surface area contributed by atoms with Crippen LogP contribution in [0.25, 0.3) is 5.69 Å². The van der Waals surface area contributed by atoms with Crippen molar-refractivity contribution in [2.45, 2.75) is 30.7 Å². The number of benzene rings is 1. The number of hydrogen-bond donors (Lipinski definition) is 0. The Morgan fingerprint density at radius 1 is 1.36 bits per heavy atom. The molecule has 0 unspecified atom stereocenters. The molecule has 0 radical (unpaired) electrons. The van der Waals surface area contributed by atoms with Crippen molar-refractivity contribution >= 4 is 17.5 Å². The topological polar surface area (TPSA) is 79.1 Å². The third-order valence-corrected chi connectivity index (χ3v) is 4.22. The predicted molar refractivity (Wildman–Crippen MR) is 82.9 cm³/mol. The van der Waals surface area contributed by atoms with Gasteiger partial charge in [0.15, 0.2) is 0 Å². The number of ether oxygens (including phenoxy) is 2. The van der Waals surface area contributed by atoms with E-state index in [1.54, 1.807) is 37.1 Å². The maximum Gasteiger partial charge on any atom is 0.214 e. The van der Waals surface area contributed by atoms with Gasteiger partial charge in [-0.05, 0) is 29.5 Å². The van der Waals surface area contributed by atoms with E-state index >= 15 is 0 Å². The Bertz CT molecular complexity index is 659. The first-order valence-electron chi connectivity index (χ1n) is 6.80. The van der Waals surface area contributed by atoms with Crippen molar-refractivity contribution < 1.29 is 14.3 Å². The van der Waals surface area contributed by atoms with Gasteiger partial charge in [-0.25, -0.2) is 0 Å². The summed E-state index contributed by atoms with van der Waals surface area (Å²) < 4.78 is 12.1. The smallest absolute Gasteiger partial charge is 0.214 e. The van der Waals surface area contributed by atoms with Crippen molar-refractivity contribution in [3.05, 3.63) is 18.2 Å². The number of carbonyl (C=O) groups excluding carboxylic acids is 1. The number of thioether (sulfide) groups is 1. The van der Waals surface area contributed by atoms with Crippen LogP contribution in [0.1, 0.15) is 20.3 Å². The molecule has 0 spiro atoms. The number of aromatic nitrogens is 4. The molecule has 0 N–H and O–H groups in total. The molecular formula is C14H18N4O3S. The number of carbonyl (C=O) groups is 1. The lowest BCUT2D eigenvalue weighted by Gasteiger charge is -2.12. The fourth-order valence-electron chi connectivity index (χ4n) is 1.88. The molecule has 0 aliphatic heterocycles. The predicted octanol–water partition coefficient (Wildman–Crippen LogP) is 2.14. The fourth-order valence-corrected chi connectivity index (χ4v) is 2.81. The molecule has 0 saturated carbocycles. The van der Waals surface area contributed by atoms with E-state index in [-0.39, 0.29) is 11.0 Å². The van der Waals surface area contributed by atoms with Crippen LogP contribution in [0, 0.1) is 0 Å². The molecule has 1 atom stereocenters. The summed E-state index contributed by atoms with van der Waals surface area (Å²) in [5, 5.41) is 12.0. The Balaban J connectivity index is 2.38. The molecule has 0 aliphatic carbocycles. The third-order valence-electron chi connectivity index (χ3n) is 3.14. The van der Waals surface area contributed by atoms with Gasteiger partial charge in [-0.3, -0.25) is 4.79 Å². The van der Waals surface area contributed by atoms with Gasteiger partial charge >= 0.3 is 0 Å². The van der Waals surface area contributed by atoms with E-state index in [2.05, 4.69) is 15.5 Å². The number of methoxy groups -OCH3 is 2. The molecule has 0 bridgehead atoms. The maximum absolute atomic E-state index is 11.8. The summed E-state index contributed by atoms with van der Waals surface area (Å²) in [5.74, 6) is 1.43. The van der Waals surface area contributed by atoms with Crippen molar-refractivity contribution in [1.82, 2.24) is 20.2 Å². The maximum atomic E-state index is 11.8. The van der Waals surface area contributed by atoms with Gasteiger partial charge in [0.25, 0.3) is 0 Å². The number of Topliss-reactive ketones (excluding diaryl/α,β-unsaturated/α-hetero) is 1. The molecule has 0 saturated heterocycles. The first-order valence-corrected chi connectivity index (χ1v) is 7.68. The fraction of sp³-hybridized carbons (Fsp3) is 0.429. The number of rotatable bonds is 7. The van der Waals surface area contributed by atoms with Crippen LogP contribution < -0.4 is 9.47 Å². The average molecular weight is 322 g/mol. The Morgan fingerprint density at radius 2 is 2.14 bits per heavy atom. The highest BCUT2D eigenvalue weighted by atomic mass is 32.2. The minimum absolute atomic E-state index is 0.150. The zero-order valence-corrected chi connectivity index (χ0v) is 13.8. The summed E-state index contributed by atoms with van der Waals surface area (Å²) in [6.07, 6.45) is 0.484. The minimum Gasteiger partial charge on any atom is -0.497 e. The van der Waals surface area contributed by atoms with Gasteiger partial charge < -0.3 is 9.47 Å². The van der Waals surface area contributed by atoms with Gasteiger partial charge in [0, 0.05) is 12.5 Å².